The van der Waals surface area contributed by atoms with Crippen molar-refractivity contribution in [1.29, 1.82) is 0 Å². The lowest BCUT2D eigenvalue weighted by Crippen LogP contribution is -2.07. The molecule has 0 saturated carbocycles. The van der Waals surface area contributed by atoms with Gasteiger partial charge in [0, 0.05) is 31.9 Å². The van der Waals surface area contributed by atoms with Crippen molar-refractivity contribution in [3.8, 4) is 0 Å². The average Bonchev–Trinajstić information content (AvgIpc) is 2.95. The Morgan fingerprint density at radius 1 is 1.13 bits per heavy atom. The molecule has 1 N–H and O–H groups in total. The second kappa shape index (κ2) is 5.92. The Morgan fingerprint density at radius 2 is 1.87 bits per heavy atom. The maximum Gasteiger partial charge on any atom is 0.271 e. The van der Waals surface area contributed by atoms with Gasteiger partial charge in [0.25, 0.3) is 5.69 Å². The number of hydrogen-bond acceptors (Lipinski definition) is 4. The van der Waals surface area contributed by atoms with Crippen molar-refractivity contribution in [3.05, 3.63) is 64.0 Å². The number of non-ortho nitro benzene ring substituents is 1. The van der Waals surface area contributed by atoms with E-state index >= 15 is 0 Å². The number of anilines is 1. The first-order chi connectivity index (χ1) is 11.0. The van der Waals surface area contributed by atoms with Crippen LogP contribution in [0.5, 0.6) is 0 Å². The van der Waals surface area contributed by atoms with Crippen LogP contribution in [0.1, 0.15) is 11.4 Å². The van der Waals surface area contributed by atoms with Crippen LogP contribution in [0.2, 0.25) is 0 Å². The van der Waals surface area contributed by atoms with Gasteiger partial charge in [0.15, 0.2) is 0 Å². The highest BCUT2D eigenvalue weighted by Gasteiger charge is 2.08. The van der Waals surface area contributed by atoms with E-state index in [0.29, 0.717) is 16.9 Å². The van der Waals surface area contributed by atoms with Crippen LogP contribution >= 0.6 is 0 Å². The van der Waals surface area contributed by atoms with E-state index in [4.69, 9.17) is 0 Å². The maximum absolute atomic E-state index is 10.8. The molecule has 6 nitrogen and oxygen atoms in total. The number of nitro groups is 1. The summed E-state index contributed by atoms with van der Waals surface area (Å²) in [6, 6.07) is 12.7. The number of imidazole rings is 1. The number of nitro benzene ring substituents is 1. The number of aromatic amines is 1. The van der Waals surface area contributed by atoms with Gasteiger partial charge in [0.2, 0.25) is 0 Å². The van der Waals surface area contributed by atoms with Crippen LogP contribution in [0.3, 0.4) is 0 Å². The molecule has 0 aliphatic rings. The first-order valence-electron chi connectivity index (χ1n) is 7.12. The normalized spacial score (nSPS) is 11.2. The van der Waals surface area contributed by atoms with Crippen LogP contribution in [0.15, 0.2) is 42.5 Å². The minimum Gasteiger partial charge on any atom is -0.378 e. The van der Waals surface area contributed by atoms with Gasteiger partial charge in [0.05, 0.1) is 16.0 Å². The molecule has 0 aliphatic heterocycles. The molecule has 0 aliphatic carbocycles. The molecular weight excluding hydrogens is 292 g/mol. The average molecular weight is 308 g/mol. The smallest absolute Gasteiger partial charge is 0.271 e. The number of hydrogen-bond donors (Lipinski definition) is 1. The molecule has 0 atom stereocenters. The van der Waals surface area contributed by atoms with Gasteiger partial charge in [-0.15, -0.1) is 0 Å². The van der Waals surface area contributed by atoms with Gasteiger partial charge >= 0.3 is 0 Å². The van der Waals surface area contributed by atoms with Gasteiger partial charge < -0.3 is 9.88 Å². The summed E-state index contributed by atoms with van der Waals surface area (Å²) in [5.74, 6) is 0.664. The Kier molecular flexibility index (Phi) is 3.80. The summed E-state index contributed by atoms with van der Waals surface area (Å²) in [5, 5.41) is 10.8. The quantitative estimate of drug-likeness (QED) is 0.589. The van der Waals surface area contributed by atoms with Crippen molar-refractivity contribution >= 4 is 34.6 Å². The molecule has 1 aromatic heterocycles. The summed E-state index contributed by atoms with van der Waals surface area (Å²) in [7, 11) is 4.00. The molecule has 1 heterocycles. The molecule has 6 heteroatoms. The molecule has 2 aromatic carbocycles. The third-order valence-corrected chi connectivity index (χ3v) is 3.54. The predicted molar refractivity (Wildman–Crippen MR) is 92.4 cm³/mol. The van der Waals surface area contributed by atoms with Crippen molar-refractivity contribution in [2.24, 2.45) is 0 Å². The fraction of sp³-hybridized carbons (Fsp3) is 0.118. The van der Waals surface area contributed by atoms with Gasteiger partial charge in [-0.1, -0.05) is 18.2 Å². The molecule has 23 heavy (non-hydrogen) atoms. The molecule has 0 fully saturated rings. The van der Waals surface area contributed by atoms with Gasteiger partial charge in [-0.3, -0.25) is 10.1 Å². The van der Waals surface area contributed by atoms with Gasteiger partial charge in [-0.05, 0) is 29.8 Å². The Bertz CT molecular complexity index is 879. The fourth-order valence-corrected chi connectivity index (χ4v) is 2.27. The molecule has 116 valence electrons. The summed E-state index contributed by atoms with van der Waals surface area (Å²) in [6.45, 7) is 0. The topological polar surface area (TPSA) is 75.1 Å². The zero-order chi connectivity index (χ0) is 16.4. The number of fused-ring (bicyclic) bond motifs is 1. The monoisotopic (exact) mass is 308 g/mol. The first-order valence-corrected chi connectivity index (χ1v) is 7.12. The molecule has 0 spiro atoms. The van der Waals surface area contributed by atoms with E-state index in [9.17, 15) is 10.1 Å². The highest BCUT2D eigenvalue weighted by Crippen LogP contribution is 2.20. The van der Waals surface area contributed by atoms with Crippen molar-refractivity contribution in [2.75, 3.05) is 19.0 Å². The van der Waals surface area contributed by atoms with Crippen LogP contribution in [0.25, 0.3) is 23.2 Å². The lowest BCUT2D eigenvalue weighted by atomic mass is 10.2. The largest absolute Gasteiger partial charge is 0.378 e. The van der Waals surface area contributed by atoms with Crippen LogP contribution in [0, 0.1) is 10.1 Å². The van der Waals surface area contributed by atoms with Crippen molar-refractivity contribution in [2.45, 2.75) is 0 Å². The van der Waals surface area contributed by atoms with E-state index in [0.717, 1.165) is 11.3 Å². The second-order valence-corrected chi connectivity index (χ2v) is 5.40. The highest BCUT2D eigenvalue weighted by atomic mass is 16.6. The molecule has 0 radical (unpaired) electrons. The van der Waals surface area contributed by atoms with Crippen LogP contribution < -0.4 is 4.90 Å². The molecule has 0 saturated heterocycles. The molecule has 3 rings (SSSR count). The fourth-order valence-electron chi connectivity index (χ4n) is 2.27. The van der Waals surface area contributed by atoms with Crippen LogP contribution in [-0.4, -0.2) is 29.0 Å². The summed E-state index contributed by atoms with van der Waals surface area (Å²) in [5.41, 5.74) is 3.61. The predicted octanol–water partition coefficient (Wildman–Crippen LogP) is 3.71. The summed E-state index contributed by atoms with van der Waals surface area (Å²) in [4.78, 5) is 19.9. The molecule has 3 aromatic rings. The zero-order valence-corrected chi connectivity index (χ0v) is 12.9. The van der Waals surface area contributed by atoms with E-state index in [-0.39, 0.29) is 5.69 Å². The van der Waals surface area contributed by atoms with Crippen molar-refractivity contribution in [1.82, 2.24) is 9.97 Å². The summed E-state index contributed by atoms with van der Waals surface area (Å²) >= 11 is 0. The van der Waals surface area contributed by atoms with Gasteiger partial charge in [-0.25, -0.2) is 4.98 Å². The molecule has 0 bridgehead atoms. The van der Waals surface area contributed by atoms with E-state index < -0.39 is 4.92 Å². The summed E-state index contributed by atoms with van der Waals surface area (Å²) < 4.78 is 0. The lowest BCUT2D eigenvalue weighted by molar-refractivity contribution is -0.384. The first kappa shape index (κ1) is 14.8. The Morgan fingerprint density at radius 3 is 2.52 bits per heavy atom. The zero-order valence-electron chi connectivity index (χ0n) is 12.9. The number of H-pyrrole nitrogens is 1. The number of benzene rings is 2. The Labute approximate surface area is 133 Å². The van der Waals surface area contributed by atoms with Crippen LogP contribution in [0.4, 0.5) is 11.4 Å². The number of rotatable bonds is 4. The minimum absolute atomic E-state index is 0.0518. The molecule has 0 unspecified atom stereocenters. The van der Waals surface area contributed by atoms with Crippen LogP contribution in [-0.2, 0) is 0 Å². The van der Waals surface area contributed by atoms with Gasteiger partial charge in [-0.2, -0.15) is 0 Å². The minimum atomic E-state index is -0.415. The Balaban J connectivity index is 1.84. The number of nitrogens with one attached hydrogen (secondary N) is 1. The maximum atomic E-state index is 10.8. The van der Waals surface area contributed by atoms with E-state index in [1.54, 1.807) is 6.07 Å². The Hall–Kier alpha value is -3.15. The van der Waals surface area contributed by atoms with Crippen molar-refractivity contribution in [3.63, 3.8) is 0 Å². The summed E-state index contributed by atoms with van der Waals surface area (Å²) in [6.07, 6.45) is 3.81. The van der Waals surface area contributed by atoms with E-state index in [2.05, 4.69) is 9.97 Å². The lowest BCUT2D eigenvalue weighted by Gasteiger charge is -2.11. The SMILES string of the molecule is CN(C)c1ccc(/C=C\c2nc3ccc([N+](=O)[O-])cc3[nH]2)cc1. The standard InChI is InChI=1S/C17H16N4O2/c1-20(2)13-6-3-12(4-7-13)5-10-17-18-15-9-8-14(21(22)23)11-16(15)19-17/h3-11H,1-2H3,(H,18,19)/b10-5-. The van der Waals surface area contributed by atoms with Gasteiger partial charge in [0.1, 0.15) is 5.82 Å². The molecule has 0 amide bonds. The third kappa shape index (κ3) is 3.21. The third-order valence-electron chi connectivity index (χ3n) is 3.54. The van der Waals surface area contributed by atoms with E-state index in [1.807, 2.05) is 55.4 Å². The molecular formula is C17H16N4O2. The number of aromatic nitrogens is 2. The second-order valence-electron chi connectivity index (χ2n) is 5.40. The highest BCUT2D eigenvalue weighted by molar-refractivity contribution is 5.80. The number of nitrogens with zero attached hydrogens (tertiary/aromatic N) is 3. The van der Waals surface area contributed by atoms with Crippen molar-refractivity contribution < 1.29 is 4.92 Å². The van der Waals surface area contributed by atoms with E-state index in [1.165, 1.54) is 12.1 Å².